The summed E-state index contributed by atoms with van der Waals surface area (Å²) in [6, 6.07) is 7.95. The molecule has 0 aliphatic rings. The van der Waals surface area contributed by atoms with Gasteiger partial charge in [-0.1, -0.05) is 6.07 Å². The average Bonchev–Trinajstić information content (AvgIpc) is 2.89. The van der Waals surface area contributed by atoms with Gasteiger partial charge in [0.15, 0.2) is 0 Å². The third-order valence-corrected chi connectivity index (χ3v) is 2.72. The number of furan rings is 1. The van der Waals surface area contributed by atoms with Gasteiger partial charge in [0.1, 0.15) is 5.76 Å². The average molecular weight is 245 g/mol. The molecule has 2 aromatic rings. The summed E-state index contributed by atoms with van der Waals surface area (Å²) in [5, 5.41) is 3.35. The van der Waals surface area contributed by atoms with Crippen molar-refractivity contribution in [3.63, 3.8) is 0 Å². The summed E-state index contributed by atoms with van der Waals surface area (Å²) in [6.45, 7) is 3.65. The van der Waals surface area contributed by atoms with Gasteiger partial charge in [0.05, 0.1) is 12.8 Å². The van der Waals surface area contributed by atoms with E-state index < -0.39 is 0 Å². The van der Waals surface area contributed by atoms with Crippen LogP contribution in [0, 0.1) is 0 Å². The highest BCUT2D eigenvalue weighted by atomic mass is 16.3. The van der Waals surface area contributed by atoms with Crippen molar-refractivity contribution in [2.75, 3.05) is 20.1 Å². The Hall–Kier alpha value is -1.65. The van der Waals surface area contributed by atoms with E-state index in [1.165, 1.54) is 5.56 Å². The third kappa shape index (κ3) is 4.31. The van der Waals surface area contributed by atoms with Crippen LogP contribution in [0.15, 0.2) is 47.3 Å². The Bertz CT molecular complexity index is 428. The second-order valence-electron chi connectivity index (χ2n) is 4.36. The number of nitrogens with zero attached hydrogens (tertiary/aromatic N) is 2. The van der Waals surface area contributed by atoms with Crippen LogP contribution in [-0.2, 0) is 13.1 Å². The molecular formula is C14H19N3O. The second kappa shape index (κ2) is 6.93. The maximum Gasteiger partial charge on any atom is 0.117 e. The first-order valence-corrected chi connectivity index (χ1v) is 6.15. The Kier molecular flexibility index (Phi) is 4.93. The molecule has 0 aliphatic carbocycles. The predicted octanol–water partition coefficient (Wildman–Crippen LogP) is 1.90. The molecule has 96 valence electrons. The van der Waals surface area contributed by atoms with Gasteiger partial charge >= 0.3 is 0 Å². The molecule has 18 heavy (non-hydrogen) atoms. The number of pyridine rings is 1. The highest BCUT2D eigenvalue weighted by Gasteiger charge is 2.00. The van der Waals surface area contributed by atoms with Crippen LogP contribution in [0.4, 0.5) is 0 Å². The van der Waals surface area contributed by atoms with Crippen LogP contribution in [0.3, 0.4) is 0 Å². The van der Waals surface area contributed by atoms with Gasteiger partial charge in [0, 0.05) is 32.0 Å². The third-order valence-electron chi connectivity index (χ3n) is 2.72. The summed E-state index contributed by atoms with van der Waals surface area (Å²) in [7, 11) is 2.11. The molecule has 0 amide bonds. The van der Waals surface area contributed by atoms with Gasteiger partial charge in [-0.25, -0.2) is 0 Å². The minimum atomic E-state index is 0.785. The molecule has 0 unspecified atom stereocenters. The Morgan fingerprint density at radius 2 is 2.28 bits per heavy atom. The number of nitrogens with one attached hydrogen (secondary N) is 1. The fraction of sp³-hybridized carbons (Fsp3) is 0.357. The van der Waals surface area contributed by atoms with Gasteiger partial charge in [-0.2, -0.15) is 0 Å². The van der Waals surface area contributed by atoms with Gasteiger partial charge in [0.25, 0.3) is 0 Å². The standard InChI is InChI=1S/C14H19N3O/c1-17(12-13-4-2-6-15-10-13)8-7-16-11-14-5-3-9-18-14/h2-6,9-10,16H,7-8,11-12H2,1H3. The van der Waals surface area contributed by atoms with Crippen molar-refractivity contribution >= 4 is 0 Å². The highest BCUT2D eigenvalue weighted by Crippen LogP contribution is 2.00. The lowest BCUT2D eigenvalue weighted by Gasteiger charge is -2.16. The lowest BCUT2D eigenvalue weighted by Crippen LogP contribution is -2.28. The Morgan fingerprint density at radius 3 is 3.00 bits per heavy atom. The molecule has 0 saturated heterocycles. The zero-order chi connectivity index (χ0) is 12.6. The molecular weight excluding hydrogens is 226 g/mol. The molecule has 0 spiro atoms. The van der Waals surface area contributed by atoms with Crippen molar-refractivity contribution in [2.45, 2.75) is 13.1 Å². The van der Waals surface area contributed by atoms with Crippen LogP contribution in [0.25, 0.3) is 0 Å². The van der Waals surface area contributed by atoms with E-state index in [-0.39, 0.29) is 0 Å². The summed E-state index contributed by atoms with van der Waals surface area (Å²) in [6.07, 6.45) is 5.41. The molecule has 0 bridgehead atoms. The van der Waals surface area contributed by atoms with Crippen LogP contribution < -0.4 is 5.32 Å². The maximum atomic E-state index is 5.25. The number of rotatable bonds is 7. The zero-order valence-corrected chi connectivity index (χ0v) is 10.7. The zero-order valence-electron chi connectivity index (χ0n) is 10.7. The van der Waals surface area contributed by atoms with E-state index in [0.717, 1.165) is 31.9 Å². The topological polar surface area (TPSA) is 41.3 Å². The SMILES string of the molecule is CN(CCNCc1ccco1)Cc1cccnc1. The van der Waals surface area contributed by atoms with Crippen LogP contribution >= 0.6 is 0 Å². The van der Waals surface area contributed by atoms with Crippen molar-refractivity contribution in [3.05, 3.63) is 54.2 Å². The fourth-order valence-corrected chi connectivity index (χ4v) is 1.78. The fourth-order valence-electron chi connectivity index (χ4n) is 1.78. The number of aromatic nitrogens is 1. The molecule has 0 saturated carbocycles. The maximum absolute atomic E-state index is 5.25. The quantitative estimate of drug-likeness (QED) is 0.756. The molecule has 2 rings (SSSR count). The summed E-state index contributed by atoms with van der Waals surface area (Å²) in [4.78, 5) is 6.38. The molecule has 2 heterocycles. The Labute approximate surface area is 108 Å². The van der Waals surface area contributed by atoms with Gasteiger partial charge in [-0.05, 0) is 30.8 Å². The summed E-state index contributed by atoms with van der Waals surface area (Å²) >= 11 is 0. The van der Waals surface area contributed by atoms with Crippen molar-refractivity contribution in [1.29, 1.82) is 0 Å². The summed E-state index contributed by atoms with van der Waals surface area (Å²) < 4.78 is 5.25. The van der Waals surface area contributed by atoms with Crippen LogP contribution in [-0.4, -0.2) is 30.0 Å². The van der Waals surface area contributed by atoms with Crippen molar-refractivity contribution in [1.82, 2.24) is 15.2 Å². The normalized spacial score (nSPS) is 11.0. The first-order valence-electron chi connectivity index (χ1n) is 6.15. The van der Waals surface area contributed by atoms with Crippen molar-refractivity contribution in [2.24, 2.45) is 0 Å². The first kappa shape index (κ1) is 12.8. The first-order chi connectivity index (χ1) is 8.84. The van der Waals surface area contributed by atoms with Gasteiger partial charge in [-0.15, -0.1) is 0 Å². The smallest absolute Gasteiger partial charge is 0.117 e. The number of likely N-dealkylation sites (N-methyl/N-ethyl adjacent to an activating group) is 1. The molecule has 0 atom stereocenters. The molecule has 2 aromatic heterocycles. The monoisotopic (exact) mass is 245 g/mol. The van der Waals surface area contributed by atoms with E-state index in [1.807, 2.05) is 24.4 Å². The largest absolute Gasteiger partial charge is 0.468 e. The van der Waals surface area contributed by atoms with E-state index in [0.29, 0.717) is 0 Å². The van der Waals surface area contributed by atoms with Crippen molar-refractivity contribution in [3.8, 4) is 0 Å². The Balaban J connectivity index is 1.62. The van der Waals surface area contributed by atoms with Crippen LogP contribution in [0.1, 0.15) is 11.3 Å². The second-order valence-corrected chi connectivity index (χ2v) is 4.36. The minimum Gasteiger partial charge on any atom is -0.468 e. The van der Waals surface area contributed by atoms with Crippen molar-refractivity contribution < 1.29 is 4.42 Å². The highest BCUT2D eigenvalue weighted by molar-refractivity contribution is 5.07. The number of hydrogen-bond donors (Lipinski definition) is 1. The molecule has 0 aromatic carbocycles. The molecule has 0 radical (unpaired) electrons. The van der Waals surface area contributed by atoms with Gasteiger partial charge < -0.3 is 14.6 Å². The molecule has 4 heteroatoms. The summed E-state index contributed by atoms with van der Waals surface area (Å²) in [5.41, 5.74) is 1.24. The van der Waals surface area contributed by atoms with Crippen LogP contribution in [0.2, 0.25) is 0 Å². The van der Waals surface area contributed by atoms with Gasteiger partial charge in [0.2, 0.25) is 0 Å². The molecule has 4 nitrogen and oxygen atoms in total. The number of hydrogen-bond acceptors (Lipinski definition) is 4. The lowest BCUT2D eigenvalue weighted by atomic mass is 10.3. The Morgan fingerprint density at radius 1 is 1.33 bits per heavy atom. The van der Waals surface area contributed by atoms with E-state index in [9.17, 15) is 0 Å². The van der Waals surface area contributed by atoms with E-state index >= 15 is 0 Å². The van der Waals surface area contributed by atoms with E-state index in [4.69, 9.17) is 4.42 Å². The van der Waals surface area contributed by atoms with Crippen LogP contribution in [0.5, 0.6) is 0 Å². The van der Waals surface area contributed by atoms with Gasteiger partial charge in [-0.3, -0.25) is 4.98 Å². The van der Waals surface area contributed by atoms with E-state index in [2.05, 4.69) is 28.3 Å². The molecule has 1 N–H and O–H groups in total. The van der Waals surface area contributed by atoms with E-state index in [1.54, 1.807) is 12.5 Å². The summed E-state index contributed by atoms with van der Waals surface area (Å²) in [5.74, 6) is 0.977. The lowest BCUT2D eigenvalue weighted by molar-refractivity contribution is 0.321. The molecule has 0 aliphatic heterocycles. The minimum absolute atomic E-state index is 0.785. The molecule has 0 fully saturated rings. The predicted molar refractivity (Wildman–Crippen MR) is 71.0 cm³/mol.